The summed E-state index contributed by atoms with van der Waals surface area (Å²) in [6.45, 7) is 8.35. The zero-order valence-electron chi connectivity index (χ0n) is 13.4. The van der Waals surface area contributed by atoms with Gasteiger partial charge in [-0.2, -0.15) is 0 Å². The summed E-state index contributed by atoms with van der Waals surface area (Å²) in [5.41, 5.74) is 0.621. The second kappa shape index (κ2) is 6.43. The molecular formula is C16H25N3O2. The SMILES string of the molecule is CN(C(=O)OC(C)(C)C)C1CCN(Cc2ccccn2)C1. The molecule has 0 bridgehead atoms. The van der Waals surface area contributed by atoms with Gasteiger partial charge in [0.25, 0.3) is 0 Å². The topological polar surface area (TPSA) is 45.7 Å². The van der Waals surface area contributed by atoms with Gasteiger partial charge in [0.1, 0.15) is 5.60 Å². The fraction of sp³-hybridized carbons (Fsp3) is 0.625. The molecule has 0 spiro atoms. The number of ether oxygens (including phenoxy) is 1. The highest BCUT2D eigenvalue weighted by atomic mass is 16.6. The van der Waals surface area contributed by atoms with Gasteiger partial charge in [0, 0.05) is 38.9 Å². The van der Waals surface area contributed by atoms with E-state index in [1.54, 1.807) is 4.90 Å². The molecule has 1 aliphatic heterocycles. The van der Waals surface area contributed by atoms with Gasteiger partial charge in [0.15, 0.2) is 0 Å². The van der Waals surface area contributed by atoms with Crippen LogP contribution in [0, 0.1) is 0 Å². The molecule has 1 saturated heterocycles. The number of likely N-dealkylation sites (N-methyl/N-ethyl adjacent to an activating group) is 1. The van der Waals surface area contributed by atoms with Crippen molar-refractivity contribution in [2.75, 3.05) is 20.1 Å². The normalized spacial score (nSPS) is 19.5. The predicted molar refractivity (Wildman–Crippen MR) is 81.9 cm³/mol. The van der Waals surface area contributed by atoms with Crippen LogP contribution in [0.25, 0.3) is 0 Å². The summed E-state index contributed by atoms with van der Waals surface area (Å²) in [4.78, 5) is 20.5. The summed E-state index contributed by atoms with van der Waals surface area (Å²) in [5, 5.41) is 0. The van der Waals surface area contributed by atoms with Crippen molar-refractivity contribution < 1.29 is 9.53 Å². The fourth-order valence-electron chi connectivity index (χ4n) is 2.48. The Hall–Kier alpha value is -1.62. The van der Waals surface area contributed by atoms with Gasteiger partial charge in [-0.25, -0.2) is 4.79 Å². The molecule has 1 fully saturated rings. The lowest BCUT2D eigenvalue weighted by molar-refractivity contribution is 0.0228. The van der Waals surface area contributed by atoms with Crippen molar-refractivity contribution in [2.45, 2.75) is 45.4 Å². The number of hydrogen-bond donors (Lipinski definition) is 0. The number of likely N-dealkylation sites (tertiary alicyclic amines) is 1. The van der Waals surface area contributed by atoms with Gasteiger partial charge in [-0.1, -0.05) is 6.07 Å². The highest BCUT2D eigenvalue weighted by Crippen LogP contribution is 2.19. The van der Waals surface area contributed by atoms with Crippen LogP contribution in [0.1, 0.15) is 32.9 Å². The highest BCUT2D eigenvalue weighted by molar-refractivity contribution is 5.68. The van der Waals surface area contributed by atoms with E-state index in [4.69, 9.17) is 4.74 Å². The number of rotatable bonds is 3. The molecule has 1 amide bonds. The summed E-state index contributed by atoms with van der Waals surface area (Å²) in [7, 11) is 1.82. The Bertz CT molecular complexity index is 470. The van der Waals surface area contributed by atoms with Crippen molar-refractivity contribution in [1.29, 1.82) is 0 Å². The molecular weight excluding hydrogens is 266 g/mol. The van der Waals surface area contributed by atoms with E-state index < -0.39 is 5.60 Å². The van der Waals surface area contributed by atoms with Crippen molar-refractivity contribution >= 4 is 6.09 Å². The number of carbonyl (C=O) groups excluding carboxylic acids is 1. The van der Waals surface area contributed by atoms with E-state index in [0.717, 1.165) is 31.7 Å². The summed E-state index contributed by atoms with van der Waals surface area (Å²) in [5.74, 6) is 0. The number of carbonyl (C=O) groups is 1. The standard InChI is InChI=1S/C16H25N3O2/c1-16(2,3)21-15(20)18(4)14-8-10-19(12-14)11-13-7-5-6-9-17-13/h5-7,9,14H,8,10-12H2,1-4H3. The first-order valence-corrected chi connectivity index (χ1v) is 7.43. The van der Waals surface area contributed by atoms with E-state index in [1.807, 2.05) is 52.2 Å². The average molecular weight is 291 g/mol. The Balaban J connectivity index is 1.85. The van der Waals surface area contributed by atoms with Crippen molar-refractivity contribution in [3.05, 3.63) is 30.1 Å². The van der Waals surface area contributed by atoms with Crippen LogP contribution >= 0.6 is 0 Å². The lowest BCUT2D eigenvalue weighted by Crippen LogP contribution is -2.42. The number of nitrogens with zero attached hydrogens (tertiary/aromatic N) is 3. The first kappa shape index (κ1) is 15.8. The van der Waals surface area contributed by atoms with Crippen molar-refractivity contribution in [3.8, 4) is 0 Å². The van der Waals surface area contributed by atoms with E-state index >= 15 is 0 Å². The molecule has 1 aromatic rings. The Morgan fingerprint density at radius 1 is 1.48 bits per heavy atom. The van der Waals surface area contributed by atoms with Gasteiger partial charge in [-0.3, -0.25) is 9.88 Å². The van der Waals surface area contributed by atoms with Crippen LogP contribution in [-0.4, -0.2) is 52.7 Å². The van der Waals surface area contributed by atoms with Crippen LogP contribution in [0.3, 0.4) is 0 Å². The maximum atomic E-state index is 12.1. The molecule has 1 atom stereocenters. The third-order valence-corrected chi connectivity index (χ3v) is 3.59. The van der Waals surface area contributed by atoms with Crippen molar-refractivity contribution in [1.82, 2.24) is 14.8 Å². The molecule has 116 valence electrons. The molecule has 0 aliphatic carbocycles. The van der Waals surface area contributed by atoms with Crippen LogP contribution < -0.4 is 0 Å². The van der Waals surface area contributed by atoms with E-state index in [2.05, 4.69) is 9.88 Å². The van der Waals surface area contributed by atoms with E-state index in [1.165, 1.54) is 0 Å². The van der Waals surface area contributed by atoms with Gasteiger partial charge >= 0.3 is 6.09 Å². The van der Waals surface area contributed by atoms with E-state index in [-0.39, 0.29) is 12.1 Å². The second-order valence-electron chi connectivity index (χ2n) is 6.59. The quantitative estimate of drug-likeness (QED) is 0.858. The summed E-state index contributed by atoms with van der Waals surface area (Å²) >= 11 is 0. The first-order chi connectivity index (χ1) is 9.85. The molecule has 2 heterocycles. The minimum atomic E-state index is -0.447. The monoisotopic (exact) mass is 291 g/mol. The Labute approximate surface area is 126 Å². The third-order valence-electron chi connectivity index (χ3n) is 3.59. The average Bonchev–Trinajstić information content (AvgIpc) is 2.85. The maximum absolute atomic E-state index is 12.1. The van der Waals surface area contributed by atoms with Gasteiger partial charge in [0.2, 0.25) is 0 Å². The lowest BCUT2D eigenvalue weighted by Gasteiger charge is -2.28. The van der Waals surface area contributed by atoms with Crippen molar-refractivity contribution in [3.63, 3.8) is 0 Å². The molecule has 1 aliphatic rings. The molecule has 0 radical (unpaired) electrons. The molecule has 21 heavy (non-hydrogen) atoms. The molecule has 0 aromatic carbocycles. The number of pyridine rings is 1. The molecule has 1 aromatic heterocycles. The number of amides is 1. The van der Waals surface area contributed by atoms with Crippen LogP contribution in [0.5, 0.6) is 0 Å². The first-order valence-electron chi connectivity index (χ1n) is 7.43. The zero-order valence-corrected chi connectivity index (χ0v) is 13.4. The van der Waals surface area contributed by atoms with Crippen LogP contribution in [0.2, 0.25) is 0 Å². The van der Waals surface area contributed by atoms with E-state index in [9.17, 15) is 4.79 Å². The largest absolute Gasteiger partial charge is 0.444 e. The second-order valence-corrected chi connectivity index (χ2v) is 6.59. The Morgan fingerprint density at radius 3 is 2.86 bits per heavy atom. The van der Waals surface area contributed by atoms with Gasteiger partial charge in [-0.05, 0) is 39.3 Å². The third kappa shape index (κ3) is 4.70. The van der Waals surface area contributed by atoms with E-state index in [0.29, 0.717) is 0 Å². The molecule has 0 N–H and O–H groups in total. The smallest absolute Gasteiger partial charge is 0.410 e. The molecule has 1 unspecified atom stereocenters. The highest BCUT2D eigenvalue weighted by Gasteiger charge is 2.30. The summed E-state index contributed by atoms with van der Waals surface area (Å²) in [6, 6.07) is 6.17. The van der Waals surface area contributed by atoms with Crippen LogP contribution in [0.15, 0.2) is 24.4 Å². The van der Waals surface area contributed by atoms with Gasteiger partial charge in [0.05, 0.1) is 5.69 Å². The predicted octanol–water partition coefficient (Wildman–Crippen LogP) is 2.52. The molecule has 5 nitrogen and oxygen atoms in total. The minimum Gasteiger partial charge on any atom is -0.444 e. The summed E-state index contributed by atoms with van der Waals surface area (Å²) in [6.07, 6.45) is 2.55. The molecule has 0 saturated carbocycles. The minimum absolute atomic E-state index is 0.212. The van der Waals surface area contributed by atoms with Crippen LogP contribution in [0.4, 0.5) is 4.79 Å². The zero-order chi connectivity index (χ0) is 15.5. The fourth-order valence-corrected chi connectivity index (χ4v) is 2.48. The van der Waals surface area contributed by atoms with Crippen LogP contribution in [-0.2, 0) is 11.3 Å². The van der Waals surface area contributed by atoms with Crippen molar-refractivity contribution in [2.24, 2.45) is 0 Å². The Kier molecular flexibility index (Phi) is 4.83. The molecule has 5 heteroatoms. The van der Waals surface area contributed by atoms with Gasteiger partial charge < -0.3 is 9.64 Å². The lowest BCUT2D eigenvalue weighted by atomic mass is 10.2. The maximum Gasteiger partial charge on any atom is 0.410 e. The molecule has 2 rings (SSSR count). The Morgan fingerprint density at radius 2 is 2.24 bits per heavy atom. The van der Waals surface area contributed by atoms with Gasteiger partial charge in [-0.15, -0.1) is 0 Å². The number of hydrogen-bond acceptors (Lipinski definition) is 4. The number of aromatic nitrogens is 1. The summed E-state index contributed by atoms with van der Waals surface area (Å²) < 4.78 is 5.42.